The summed E-state index contributed by atoms with van der Waals surface area (Å²) < 4.78 is 0. The van der Waals surface area contributed by atoms with Gasteiger partial charge in [0.25, 0.3) is 0 Å². The van der Waals surface area contributed by atoms with Gasteiger partial charge in [0.15, 0.2) is 0 Å². The van der Waals surface area contributed by atoms with Crippen LogP contribution in [0.1, 0.15) is 32.1 Å². The Labute approximate surface area is 108 Å². The highest BCUT2D eigenvalue weighted by Crippen LogP contribution is 2.33. The fourth-order valence-corrected chi connectivity index (χ4v) is 3.46. The van der Waals surface area contributed by atoms with Gasteiger partial charge in [0.1, 0.15) is 5.54 Å². The van der Waals surface area contributed by atoms with E-state index in [0.717, 1.165) is 38.6 Å². The third-order valence-electron chi connectivity index (χ3n) is 4.88. The van der Waals surface area contributed by atoms with E-state index in [0.29, 0.717) is 18.9 Å². The van der Waals surface area contributed by atoms with Crippen LogP contribution in [0.25, 0.3) is 0 Å². The summed E-state index contributed by atoms with van der Waals surface area (Å²) in [6.07, 6.45) is 4.91. The molecule has 1 aliphatic heterocycles. The predicted octanol–water partition coefficient (Wildman–Crippen LogP) is 0.101. The molecule has 1 heterocycles. The average Bonchev–Trinajstić information content (AvgIpc) is 3.13. The van der Waals surface area contributed by atoms with Crippen molar-refractivity contribution in [2.24, 2.45) is 5.73 Å². The van der Waals surface area contributed by atoms with Crippen LogP contribution in [-0.2, 0) is 4.79 Å². The van der Waals surface area contributed by atoms with Crippen molar-refractivity contribution < 1.29 is 9.90 Å². The van der Waals surface area contributed by atoms with Gasteiger partial charge in [0.05, 0.1) is 0 Å². The van der Waals surface area contributed by atoms with Crippen LogP contribution in [0.5, 0.6) is 0 Å². The zero-order chi connectivity index (χ0) is 12.8. The van der Waals surface area contributed by atoms with E-state index in [9.17, 15) is 4.79 Å². The number of carboxylic acid groups (broad SMARTS) is 1. The molecule has 3 fully saturated rings. The van der Waals surface area contributed by atoms with Crippen molar-refractivity contribution >= 4 is 5.97 Å². The fraction of sp³-hybridized carbons (Fsp3) is 0.923. The highest BCUT2D eigenvalue weighted by Gasteiger charge is 2.44. The van der Waals surface area contributed by atoms with Crippen LogP contribution < -0.4 is 5.73 Å². The third-order valence-corrected chi connectivity index (χ3v) is 4.88. The maximum Gasteiger partial charge on any atom is 0.323 e. The molecule has 0 aromatic heterocycles. The number of nitrogens with two attached hydrogens (primary N) is 1. The molecular formula is C13H23N3O2. The van der Waals surface area contributed by atoms with Crippen LogP contribution in [-0.4, -0.2) is 64.7 Å². The van der Waals surface area contributed by atoms with E-state index in [-0.39, 0.29) is 0 Å². The molecule has 3 N–H and O–H groups in total. The number of nitrogens with zero attached hydrogens (tertiary/aromatic N) is 2. The van der Waals surface area contributed by atoms with Crippen molar-refractivity contribution in [3.8, 4) is 0 Å². The Kier molecular flexibility index (Phi) is 3.08. The van der Waals surface area contributed by atoms with Crippen molar-refractivity contribution in [3.05, 3.63) is 0 Å². The largest absolute Gasteiger partial charge is 0.480 e. The number of hydrogen-bond donors (Lipinski definition) is 2. The molecule has 0 spiro atoms. The third kappa shape index (κ3) is 2.27. The first-order valence-corrected chi connectivity index (χ1v) is 7.09. The van der Waals surface area contributed by atoms with Crippen LogP contribution in [0.2, 0.25) is 0 Å². The molecule has 5 heteroatoms. The maximum atomic E-state index is 11.1. The second kappa shape index (κ2) is 4.47. The molecule has 0 aromatic carbocycles. The van der Waals surface area contributed by atoms with Crippen molar-refractivity contribution in [1.29, 1.82) is 0 Å². The second-order valence-electron chi connectivity index (χ2n) is 6.16. The van der Waals surface area contributed by atoms with E-state index in [4.69, 9.17) is 10.8 Å². The summed E-state index contributed by atoms with van der Waals surface area (Å²) in [6, 6.07) is 1.23. The topological polar surface area (TPSA) is 69.8 Å². The second-order valence-corrected chi connectivity index (χ2v) is 6.16. The van der Waals surface area contributed by atoms with E-state index in [1.54, 1.807) is 0 Å². The maximum absolute atomic E-state index is 11.1. The van der Waals surface area contributed by atoms with Crippen molar-refractivity contribution in [3.63, 3.8) is 0 Å². The molecule has 3 rings (SSSR count). The highest BCUT2D eigenvalue weighted by atomic mass is 16.4. The van der Waals surface area contributed by atoms with Crippen LogP contribution in [0, 0.1) is 0 Å². The summed E-state index contributed by atoms with van der Waals surface area (Å²) in [5, 5.41) is 9.16. The van der Waals surface area contributed by atoms with Gasteiger partial charge in [-0.3, -0.25) is 14.6 Å². The Morgan fingerprint density at radius 2 is 1.61 bits per heavy atom. The Morgan fingerprint density at radius 3 is 2.06 bits per heavy atom. The summed E-state index contributed by atoms with van der Waals surface area (Å²) in [4.78, 5) is 16.2. The molecule has 0 radical (unpaired) electrons. The van der Waals surface area contributed by atoms with E-state index in [1.165, 1.54) is 12.8 Å². The number of aliphatic carboxylic acids is 1. The number of rotatable bonds is 3. The molecule has 2 aliphatic carbocycles. The quantitative estimate of drug-likeness (QED) is 0.746. The number of carbonyl (C=O) groups is 1. The van der Waals surface area contributed by atoms with Crippen LogP contribution in [0.3, 0.4) is 0 Å². The Morgan fingerprint density at radius 1 is 1.06 bits per heavy atom. The first-order valence-electron chi connectivity index (χ1n) is 7.09. The molecule has 0 bridgehead atoms. The zero-order valence-electron chi connectivity index (χ0n) is 10.8. The molecule has 0 aromatic rings. The lowest BCUT2D eigenvalue weighted by atomic mass is 9.99. The standard InChI is InChI=1S/C13H23N3O2/c14-13(12(17)18)4-3-11(9-13)16-7-5-15(6-8-16)10-1-2-10/h10-11H,1-9,14H2,(H,17,18). The summed E-state index contributed by atoms with van der Waals surface area (Å²) >= 11 is 0. The Bertz CT molecular complexity index is 337. The van der Waals surface area contributed by atoms with Gasteiger partial charge in [-0.25, -0.2) is 0 Å². The summed E-state index contributed by atoms with van der Waals surface area (Å²) in [5.41, 5.74) is 4.97. The van der Waals surface area contributed by atoms with Gasteiger partial charge in [0, 0.05) is 38.3 Å². The monoisotopic (exact) mass is 253 g/mol. The number of piperazine rings is 1. The molecule has 0 amide bonds. The molecule has 102 valence electrons. The van der Waals surface area contributed by atoms with E-state index >= 15 is 0 Å². The molecule has 18 heavy (non-hydrogen) atoms. The molecule has 5 nitrogen and oxygen atoms in total. The minimum Gasteiger partial charge on any atom is -0.480 e. The van der Waals surface area contributed by atoms with Gasteiger partial charge in [0.2, 0.25) is 0 Å². The summed E-state index contributed by atoms with van der Waals surface area (Å²) in [6.45, 7) is 4.45. The van der Waals surface area contributed by atoms with Gasteiger partial charge in [-0.2, -0.15) is 0 Å². The van der Waals surface area contributed by atoms with Crippen molar-refractivity contribution in [2.75, 3.05) is 26.2 Å². The van der Waals surface area contributed by atoms with Gasteiger partial charge in [-0.15, -0.1) is 0 Å². The Hall–Kier alpha value is -0.650. The van der Waals surface area contributed by atoms with Crippen LogP contribution >= 0.6 is 0 Å². The lowest BCUT2D eigenvalue weighted by molar-refractivity contribution is -0.143. The Balaban J connectivity index is 1.53. The van der Waals surface area contributed by atoms with Gasteiger partial charge < -0.3 is 10.8 Å². The fourth-order valence-electron chi connectivity index (χ4n) is 3.46. The first-order chi connectivity index (χ1) is 8.58. The van der Waals surface area contributed by atoms with Gasteiger partial charge >= 0.3 is 5.97 Å². The summed E-state index contributed by atoms with van der Waals surface area (Å²) in [7, 11) is 0. The summed E-state index contributed by atoms with van der Waals surface area (Å²) in [5.74, 6) is -0.832. The van der Waals surface area contributed by atoms with Crippen molar-refractivity contribution in [1.82, 2.24) is 9.80 Å². The van der Waals surface area contributed by atoms with E-state index in [2.05, 4.69) is 9.80 Å². The van der Waals surface area contributed by atoms with E-state index < -0.39 is 11.5 Å². The van der Waals surface area contributed by atoms with Crippen LogP contribution in [0.15, 0.2) is 0 Å². The molecule has 1 saturated heterocycles. The minimum atomic E-state index is -0.974. The average molecular weight is 253 g/mol. The van der Waals surface area contributed by atoms with Crippen molar-refractivity contribution in [2.45, 2.75) is 49.7 Å². The number of carboxylic acids is 1. The minimum absolute atomic E-state index is 0.382. The zero-order valence-corrected chi connectivity index (χ0v) is 10.8. The first kappa shape index (κ1) is 12.4. The van der Waals surface area contributed by atoms with Crippen LogP contribution in [0.4, 0.5) is 0 Å². The van der Waals surface area contributed by atoms with E-state index in [1.807, 2.05) is 0 Å². The predicted molar refractivity (Wildman–Crippen MR) is 68.4 cm³/mol. The highest BCUT2D eigenvalue weighted by molar-refractivity contribution is 5.79. The SMILES string of the molecule is NC1(C(=O)O)CCC(N2CCN(C3CC3)CC2)C1. The number of hydrogen-bond acceptors (Lipinski definition) is 4. The lowest BCUT2D eigenvalue weighted by Crippen LogP contribution is -2.52. The molecule has 3 aliphatic rings. The lowest BCUT2D eigenvalue weighted by Gasteiger charge is -2.38. The smallest absolute Gasteiger partial charge is 0.323 e. The molecule has 2 saturated carbocycles. The molecule has 2 unspecified atom stereocenters. The normalized spacial score (nSPS) is 39.1. The molecule has 2 atom stereocenters. The molecular weight excluding hydrogens is 230 g/mol. The van der Waals surface area contributed by atoms with Gasteiger partial charge in [-0.1, -0.05) is 0 Å². The van der Waals surface area contributed by atoms with Gasteiger partial charge in [-0.05, 0) is 32.1 Å².